The number of hydrogen-bond donors (Lipinski definition) is 3. The SMILES string of the molecule is CCCC/C=C\CCCCCCCC(=O)OCCCCCCCCCCCCCCCCCCCCCCCCCCCCCCCCC(=O)NC(CO)C(O)CCCCCCCCCCCCCCCCCCCCC. The molecule has 6 nitrogen and oxygen atoms in total. The Morgan fingerprint density at radius 2 is 0.623 bits per heavy atom. The van der Waals surface area contributed by atoms with E-state index in [1.165, 1.54) is 327 Å². The maximum absolute atomic E-state index is 12.5. The predicted molar refractivity (Wildman–Crippen MR) is 338 cm³/mol. The van der Waals surface area contributed by atoms with Crippen molar-refractivity contribution in [2.24, 2.45) is 0 Å². The van der Waals surface area contributed by atoms with Gasteiger partial charge in [0.05, 0.1) is 25.4 Å². The van der Waals surface area contributed by atoms with Crippen LogP contribution in [0.3, 0.4) is 0 Å². The van der Waals surface area contributed by atoms with Crippen LogP contribution >= 0.6 is 0 Å². The van der Waals surface area contributed by atoms with E-state index in [0.717, 1.165) is 44.9 Å². The second-order valence-corrected chi connectivity index (χ2v) is 24.6. The van der Waals surface area contributed by atoms with E-state index in [1.54, 1.807) is 0 Å². The summed E-state index contributed by atoms with van der Waals surface area (Å²) in [4.78, 5) is 24.5. The molecule has 6 heteroatoms. The smallest absolute Gasteiger partial charge is 0.305 e. The normalized spacial score (nSPS) is 12.5. The number of aliphatic hydroxyl groups is 2. The van der Waals surface area contributed by atoms with Crippen molar-refractivity contribution in [3.05, 3.63) is 12.2 Å². The Labute approximate surface area is 482 Å². The minimum Gasteiger partial charge on any atom is -0.466 e. The summed E-state index contributed by atoms with van der Waals surface area (Å²) in [7, 11) is 0. The van der Waals surface area contributed by atoms with Crippen LogP contribution in [0.4, 0.5) is 0 Å². The molecular weight excluding hydrogens is 947 g/mol. The second kappa shape index (κ2) is 67.1. The van der Waals surface area contributed by atoms with Crippen LogP contribution in [0.25, 0.3) is 0 Å². The van der Waals surface area contributed by atoms with E-state index in [2.05, 4.69) is 31.3 Å². The molecule has 0 fully saturated rings. The molecule has 2 unspecified atom stereocenters. The van der Waals surface area contributed by atoms with E-state index in [9.17, 15) is 19.8 Å². The maximum Gasteiger partial charge on any atom is 0.305 e. The predicted octanol–water partition coefficient (Wildman–Crippen LogP) is 22.8. The molecule has 2 atom stereocenters. The van der Waals surface area contributed by atoms with Crippen molar-refractivity contribution >= 4 is 11.9 Å². The first-order valence-electron chi connectivity index (χ1n) is 35.4. The molecule has 0 bridgehead atoms. The molecule has 0 aliphatic carbocycles. The third-order valence-corrected chi connectivity index (χ3v) is 16.8. The summed E-state index contributed by atoms with van der Waals surface area (Å²) in [6.07, 6.45) is 82.7. The van der Waals surface area contributed by atoms with Gasteiger partial charge in [-0.3, -0.25) is 9.59 Å². The minimum absolute atomic E-state index is 0.00978. The number of unbranched alkanes of at least 4 members (excludes halogenated alkanes) is 54. The van der Waals surface area contributed by atoms with Crippen LogP contribution in [0.5, 0.6) is 0 Å². The molecule has 0 spiro atoms. The Bertz CT molecular complexity index is 1160. The summed E-state index contributed by atoms with van der Waals surface area (Å²) in [6.45, 7) is 4.96. The number of rotatable bonds is 67. The van der Waals surface area contributed by atoms with Crippen molar-refractivity contribution in [3.8, 4) is 0 Å². The third-order valence-electron chi connectivity index (χ3n) is 16.8. The van der Waals surface area contributed by atoms with E-state index in [1.807, 2.05) is 0 Å². The first kappa shape index (κ1) is 75.6. The van der Waals surface area contributed by atoms with Gasteiger partial charge >= 0.3 is 5.97 Å². The molecule has 0 heterocycles. The van der Waals surface area contributed by atoms with Gasteiger partial charge in [0.1, 0.15) is 0 Å². The van der Waals surface area contributed by atoms with E-state index < -0.39 is 12.1 Å². The van der Waals surface area contributed by atoms with Gasteiger partial charge in [-0.05, 0) is 44.9 Å². The summed E-state index contributed by atoms with van der Waals surface area (Å²) < 4.78 is 5.47. The fourth-order valence-corrected chi connectivity index (χ4v) is 11.4. The standard InChI is InChI=1S/C71H139NO5/c1-3-5-7-9-11-13-15-16-17-18-31-34-37-40-44-47-51-55-59-63-69(74)68(67-73)72-70(75)64-60-56-52-48-45-41-38-35-32-29-27-25-23-21-19-20-22-24-26-28-30-33-36-39-42-46-50-54-58-62-66-77-71(76)65-61-57-53-49-43-14-12-10-8-6-4-2/h10,12,68-69,73-74H,3-9,11,13-67H2,1-2H3,(H,72,75)/b12-10-. The van der Waals surface area contributed by atoms with Gasteiger partial charge in [-0.15, -0.1) is 0 Å². The van der Waals surface area contributed by atoms with Crippen molar-refractivity contribution in [1.82, 2.24) is 5.32 Å². The monoisotopic (exact) mass is 1090 g/mol. The highest BCUT2D eigenvalue weighted by molar-refractivity contribution is 5.76. The second-order valence-electron chi connectivity index (χ2n) is 24.6. The molecule has 0 saturated carbocycles. The van der Waals surface area contributed by atoms with E-state index in [-0.39, 0.29) is 18.5 Å². The lowest BCUT2D eigenvalue weighted by Crippen LogP contribution is -2.45. The third kappa shape index (κ3) is 63.6. The van der Waals surface area contributed by atoms with Crippen molar-refractivity contribution in [2.75, 3.05) is 13.2 Å². The number of carbonyl (C=O) groups is 2. The Hall–Kier alpha value is -1.40. The topological polar surface area (TPSA) is 95.9 Å². The van der Waals surface area contributed by atoms with Gasteiger partial charge in [-0.1, -0.05) is 360 Å². The van der Waals surface area contributed by atoms with Gasteiger partial charge in [0, 0.05) is 12.8 Å². The molecule has 3 N–H and O–H groups in total. The number of amides is 1. The summed E-state index contributed by atoms with van der Waals surface area (Å²) in [5.41, 5.74) is 0. The largest absolute Gasteiger partial charge is 0.466 e. The Morgan fingerprint density at radius 3 is 0.961 bits per heavy atom. The number of allylic oxidation sites excluding steroid dienone is 2. The average Bonchev–Trinajstić information content (AvgIpc) is 3.43. The van der Waals surface area contributed by atoms with Crippen LogP contribution in [0.15, 0.2) is 12.2 Å². The Balaban J connectivity index is 3.33. The molecule has 0 aliphatic heterocycles. The van der Waals surface area contributed by atoms with Crippen molar-refractivity contribution in [3.63, 3.8) is 0 Å². The number of hydrogen-bond acceptors (Lipinski definition) is 5. The summed E-state index contributed by atoms with van der Waals surface area (Å²) in [5.74, 6) is -0.0167. The highest BCUT2D eigenvalue weighted by Gasteiger charge is 2.20. The first-order chi connectivity index (χ1) is 38.0. The highest BCUT2D eigenvalue weighted by atomic mass is 16.5. The summed E-state index contributed by atoms with van der Waals surface area (Å²) >= 11 is 0. The summed E-state index contributed by atoms with van der Waals surface area (Å²) in [5, 5.41) is 23.4. The van der Waals surface area contributed by atoms with Crippen molar-refractivity contribution < 1.29 is 24.5 Å². The van der Waals surface area contributed by atoms with Crippen LogP contribution in [-0.2, 0) is 14.3 Å². The highest BCUT2D eigenvalue weighted by Crippen LogP contribution is 2.19. The molecule has 0 aliphatic rings. The van der Waals surface area contributed by atoms with Crippen LogP contribution in [0.2, 0.25) is 0 Å². The van der Waals surface area contributed by atoms with Gasteiger partial charge in [0.15, 0.2) is 0 Å². The molecule has 1 amide bonds. The lowest BCUT2D eigenvalue weighted by atomic mass is 10.0. The Kier molecular flexibility index (Phi) is 65.9. The first-order valence-corrected chi connectivity index (χ1v) is 35.4. The molecule has 0 aromatic carbocycles. The zero-order valence-corrected chi connectivity index (χ0v) is 52.5. The molecule has 0 rings (SSSR count). The number of esters is 1. The van der Waals surface area contributed by atoms with E-state index in [0.29, 0.717) is 25.9 Å². The van der Waals surface area contributed by atoms with Crippen LogP contribution < -0.4 is 5.32 Å². The molecule has 77 heavy (non-hydrogen) atoms. The van der Waals surface area contributed by atoms with Crippen molar-refractivity contribution in [2.45, 2.75) is 418 Å². The van der Waals surface area contributed by atoms with Gasteiger partial charge in [-0.25, -0.2) is 0 Å². The molecule has 0 radical (unpaired) electrons. The van der Waals surface area contributed by atoms with E-state index >= 15 is 0 Å². The van der Waals surface area contributed by atoms with Gasteiger partial charge in [0.25, 0.3) is 0 Å². The maximum atomic E-state index is 12.5. The van der Waals surface area contributed by atoms with Crippen molar-refractivity contribution in [1.29, 1.82) is 0 Å². The number of nitrogens with one attached hydrogen (secondary N) is 1. The van der Waals surface area contributed by atoms with Crippen LogP contribution in [0.1, 0.15) is 406 Å². The zero-order valence-electron chi connectivity index (χ0n) is 52.5. The Morgan fingerprint density at radius 1 is 0.351 bits per heavy atom. The minimum atomic E-state index is -0.661. The quantitative estimate of drug-likeness (QED) is 0.0320. The molecule has 0 saturated heterocycles. The molecule has 0 aromatic heterocycles. The van der Waals surface area contributed by atoms with Gasteiger partial charge < -0.3 is 20.3 Å². The van der Waals surface area contributed by atoms with Crippen LogP contribution in [0, 0.1) is 0 Å². The molecule has 0 aromatic rings. The summed E-state index contributed by atoms with van der Waals surface area (Å²) in [6, 6.07) is -0.538. The fourth-order valence-electron chi connectivity index (χ4n) is 11.4. The molecular formula is C71H139NO5. The lowest BCUT2D eigenvalue weighted by Gasteiger charge is -2.22. The fraction of sp³-hybridized carbons (Fsp3) is 0.944. The average molecular weight is 1090 g/mol. The number of ether oxygens (including phenoxy) is 1. The van der Waals surface area contributed by atoms with Gasteiger partial charge in [0.2, 0.25) is 5.91 Å². The number of carbonyl (C=O) groups excluding carboxylic acids is 2. The zero-order chi connectivity index (χ0) is 55.7. The van der Waals surface area contributed by atoms with Gasteiger partial charge in [-0.2, -0.15) is 0 Å². The number of aliphatic hydroxyl groups excluding tert-OH is 2. The molecule has 458 valence electrons. The lowest BCUT2D eigenvalue weighted by molar-refractivity contribution is -0.143. The van der Waals surface area contributed by atoms with Crippen LogP contribution in [-0.4, -0.2) is 47.4 Å². The van der Waals surface area contributed by atoms with E-state index in [4.69, 9.17) is 4.74 Å².